The van der Waals surface area contributed by atoms with Crippen molar-refractivity contribution < 1.29 is 14.3 Å². The Balaban J connectivity index is 2.16. The van der Waals surface area contributed by atoms with Gasteiger partial charge >= 0.3 is 5.97 Å². The third-order valence-corrected chi connectivity index (χ3v) is 3.81. The number of rotatable bonds is 7. The van der Waals surface area contributed by atoms with E-state index in [9.17, 15) is 9.59 Å². The van der Waals surface area contributed by atoms with E-state index in [4.69, 9.17) is 10.5 Å². The van der Waals surface area contributed by atoms with Crippen molar-refractivity contribution in [3.8, 4) is 0 Å². The molecule has 2 aromatic carbocycles. The number of hydrogen-bond donors (Lipinski definition) is 2. The average Bonchev–Trinajstić information content (AvgIpc) is 2.60. The fraction of sp³-hybridized carbons (Fsp3) is 0.263. The second kappa shape index (κ2) is 8.26. The largest absolute Gasteiger partial charge is 0.467 e. The first kappa shape index (κ1) is 17.7. The van der Waals surface area contributed by atoms with E-state index in [2.05, 4.69) is 11.9 Å². The van der Waals surface area contributed by atoms with Gasteiger partial charge in [-0.2, -0.15) is 0 Å². The quantitative estimate of drug-likeness (QED) is 0.602. The molecule has 2 aromatic rings. The zero-order chi connectivity index (χ0) is 17.5. The number of methoxy groups -OCH3 is 1. The standard InChI is InChI=1S/C19H22N2O3/c1-3-6-16(20)18(22)21-17(19(23)24-2)12-13-9-10-14-7-4-5-8-15(14)11-13/h3-5,7-11,16-17H,1,6,12,20H2,2H3,(H,21,22)/t16-,17-/m0/s1. The van der Waals surface area contributed by atoms with Crippen molar-refractivity contribution in [1.82, 2.24) is 5.32 Å². The van der Waals surface area contributed by atoms with Crippen LogP contribution in [0, 0.1) is 0 Å². The molecule has 0 bridgehead atoms. The van der Waals surface area contributed by atoms with Gasteiger partial charge in [-0.05, 0) is 22.8 Å². The van der Waals surface area contributed by atoms with Gasteiger partial charge in [0.2, 0.25) is 5.91 Å². The van der Waals surface area contributed by atoms with Gasteiger partial charge in [0.05, 0.1) is 13.2 Å². The van der Waals surface area contributed by atoms with Gasteiger partial charge in [0.1, 0.15) is 6.04 Å². The summed E-state index contributed by atoms with van der Waals surface area (Å²) in [6.07, 6.45) is 2.25. The zero-order valence-electron chi connectivity index (χ0n) is 13.7. The van der Waals surface area contributed by atoms with Crippen LogP contribution in [0.15, 0.2) is 55.1 Å². The van der Waals surface area contributed by atoms with Crippen molar-refractivity contribution in [3.63, 3.8) is 0 Å². The summed E-state index contributed by atoms with van der Waals surface area (Å²) in [7, 11) is 1.30. The maximum Gasteiger partial charge on any atom is 0.328 e. The van der Waals surface area contributed by atoms with Gasteiger partial charge in [-0.25, -0.2) is 4.79 Å². The number of hydrogen-bond acceptors (Lipinski definition) is 4. The number of esters is 1. The Labute approximate surface area is 141 Å². The highest BCUT2D eigenvalue weighted by Crippen LogP contribution is 2.17. The van der Waals surface area contributed by atoms with E-state index in [0.717, 1.165) is 16.3 Å². The summed E-state index contributed by atoms with van der Waals surface area (Å²) in [6.45, 7) is 3.56. The second-order valence-electron chi connectivity index (χ2n) is 5.60. The fourth-order valence-electron chi connectivity index (χ4n) is 2.50. The molecule has 5 nitrogen and oxygen atoms in total. The lowest BCUT2D eigenvalue weighted by atomic mass is 10.0. The summed E-state index contributed by atoms with van der Waals surface area (Å²) < 4.78 is 4.80. The third-order valence-electron chi connectivity index (χ3n) is 3.81. The fourth-order valence-corrected chi connectivity index (χ4v) is 2.50. The maximum absolute atomic E-state index is 12.1. The van der Waals surface area contributed by atoms with Crippen molar-refractivity contribution in [1.29, 1.82) is 0 Å². The minimum atomic E-state index is -0.778. The van der Waals surface area contributed by atoms with Crippen LogP contribution in [0.25, 0.3) is 10.8 Å². The molecule has 1 amide bonds. The lowest BCUT2D eigenvalue weighted by molar-refractivity contribution is -0.145. The van der Waals surface area contributed by atoms with Gasteiger partial charge < -0.3 is 15.8 Å². The molecule has 0 saturated carbocycles. The number of amides is 1. The summed E-state index contributed by atoms with van der Waals surface area (Å²) in [5.74, 6) is -0.895. The molecule has 0 spiro atoms. The smallest absolute Gasteiger partial charge is 0.328 e. The third kappa shape index (κ3) is 4.43. The Kier molecular flexibility index (Phi) is 6.09. The first-order chi connectivity index (χ1) is 11.5. The van der Waals surface area contributed by atoms with Gasteiger partial charge in [0, 0.05) is 6.42 Å². The van der Waals surface area contributed by atoms with Crippen LogP contribution in [-0.4, -0.2) is 31.1 Å². The molecule has 0 aromatic heterocycles. The normalized spacial score (nSPS) is 13.1. The predicted molar refractivity (Wildman–Crippen MR) is 94.4 cm³/mol. The number of nitrogens with two attached hydrogens (primary N) is 1. The monoisotopic (exact) mass is 326 g/mol. The Bertz CT molecular complexity index is 742. The topological polar surface area (TPSA) is 81.4 Å². The Morgan fingerprint density at radius 2 is 1.96 bits per heavy atom. The Hall–Kier alpha value is -2.66. The summed E-state index contributed by atoms with van der Waals surface area (Å²) >= 11 is 0. The van der Waals surface area contributed by atoms with Crippen LogP contribution in [0.1, 0.15) is 12.0 Å². The summed E-state index contributed by atoms with van der Waals surface area (Å²) in [5.41, 5.74) is 6.68. The molecule has 0 aliphatic carbocycles. The molecule has 0 aliphatic rings. The first-order valence-electron chi connectivity index (χ1n) is 7.77. The van der Waals surface area contributed by atoms with Gasteiger partial charge in [0.25, 0.3) is 0 Å². The van der Waals surface area contributed by atoms with Crippen LogP contribution in [-0.2, 0) is 20.7 Å². The molecule has 0 unspecified atom stereocenters. The minimum Gasteiger partial charge on any atom is -0.467 e. The van der Waals surface area contributed by atoms with E-state index < -0.39 is 24.0 Å². The van der Waals surface area contributed by atoms with E-state index in [0.29, 0.717) is 12.8 Å². The molecule has 0 radical (unpaired) electrons. The molecular weight excluding hydrogens is 304 g/mol. The van der Waals surface area contributed by atoms with Crippen LogP contribution >= 0.6 is 0 Å². The van der Waals surface area contributed by atoms with E-state index >= 15 is 0 Å². The molecular formula is C19H22N2O3. The number of benzene rings is 2. The van der Waals surface area contributed by atoms with Gasteiger partial charge in [-0.3, -0.25) is 4.79 Å². The van der Waals surface area contributed by atoms with Crippen LogP contribution in [0.3, 0.4) is 0 Å². The lowest BCUT2D eigenvalue weighted by Crippen LogP contribution is -2.49. The highest BCUT2D eigenvalue weighted by molar-refractivity contribution is 5.88. The first-order valence-corrected chi connectivity index (χ1v) is 7.77. The summed E-state index contributed by atoms with van der Waals surface area (Å²) in [5, 5.41) is 4.86. The molecule has 0 fully saturated rings. The molecule has 24 heavy (non-hydrogen) atoms. The van der Waals surface area contributed by atoms with Crippen molar-refractivity contribution >= 4 is 22.6 Å². The number of carbonyl (C=O) groups excluding carboxylic acids is 2. The number of carbonyl (C=O) groups is 2. The van der Waals surface area contributed by atoms with Gasteiger partial charge in [-0.15, -0.1) is 6.58 Å². The number of fused-ring (bicyclic) bond motifs is 1. The molecule has 3 N–H and O–H groups in total. The minimum absolute atomic E-state index is 0.337. The van der Waals surface area contributed by atoms with Gasteiger partial charge in [-0.1, -0.05) is 48.5 Å². The van der Waals surface area contributed by atoms with Crippen molar-refractivity contribution in [3.05, 3.63) is 60.7 Å². The molecule has 2 rings (SSSR count). The van der Waals surface area contributed by atoms with Crippen LogP contribution in [0.4, 0.5) is 0 Å². The second-order valence-corrected chi connectivity index (χ2v) is 5.60. The summed E-state index contributed by atoms with van der Waals surface area (Å²) in [4.78, 5) is 24.1. The molecule has 126 valence electrons. The maximum atomic E-state index is 12.1. The van der Waals surface area contributed by atoms with Crippen molar-refractivity contribution in [2.45, 2.75) is 24.9 Å². The van der Waals surface area contributed by atoms with Crippen LogP contribution < -0.4 is 11.1 Å². The summed E-state index contributed by atoms with van der Waals surface area (Å²) in [6, 6.07) is 12.4. The molecule has 5 heteroatoms. The average molecular weight is 326 g/mol. The van der Waals surface area contributed by atoms with E-state index in [1.807, 2.05) is 42.5 Å². The Morgan fingerprint density at radius 3 is 2.62 bits per heavy atom. The van der Waals surface area contributed by atoms with Gasteiger partial charge in [0.15, 0.2) is 0 Å². The molecule has 0 heterocycles. The zero-order valence-corrected chi connectivity index (χ0v) is 13.7. The number of nitrogens with one attached hydrogen (secondary N) is 1. The highest BCUT2D eigenvalue weighted by Gasteiger charge is 2.24. The predicted octanol–water partition coefficient (Wildman–Crippen LogP) is 1.94. The lowest BCUT2D eigenvalue weighted by Gasteiger charge is -2.19. The van der Waals surface area contributed by atoms with E-state index in [1.165, 1.54) is 7.11 Å². The van der Waals surface area contributed by atoms with Crippen molar-refractivity contribution in [2.75, 3.05) is 7.11 Å². The number of ether oxygens (including phenoxy) is 1. The van der Waals surface area contributed by atoms with Crippen molar-refractivity contribution in [2.24, 2.45) is 5.73 Å². The molecule has 0 aliphatic heterocycles. The SMILES string of the molecule is C=CC[C@H](N)C(=O)N[C@@H](Cc1ccc2ccccc2c1)C(=O)OC. The van der Waals surface area contributed by atoms with Crippen LogP contribution in [0.5, 0.6) is 0 Å². The van der Waals surface area contributed by atoms with Crippen LogP contribution in [0.2, 0.25) is 0 Å². The Morgan fingerprint density at radius 1 is 1.25 bits per heavy atom. The molecule has 2 atom stereocenters. The van der Waals surface area contributed by atoms with E-state index in [1.54, 1.807) is 6.08 Å². The highest BCUT2D eigenvalue weighted by atomic mass is 16.5. The molecule has 0 saturated heterocycles. The van der Waals surface area contributed by atoms with E-state index in [-0.39, 0.29) is 0 Å².